The summed E-state index contributed by atoms with van der Waals surface area (Å²) >= 11 is 0. The molecule has 0 saturated heterocycles. The molecule has 0 aliphatic rings. The number of carboxylic acids is 1. The lowest BCUT2D eigenvalue weighted by molar-refractivity contribution is 0.0697. The van der Waals surface area contributed by atoms with Gasteiger partial charge in [0.1, 0.15) is 5.75 Å². The summed E-state index contributed by atoms with van der Waals surface area (Å²) in [6, 6.07) is 20.2. The molecule has 25 heavy (non-hydrogen) atoms. The van der Waals surface area contributed by atoms with Gasteiger partial charge in [0.2, 0.25) is 0 Å². The fraction of sp³-hybridized carbons (Fsp3) is 0.0476. The van der Waals surface area contributed by atoms with Crippen LogP contribution < -0.4 is 4.74 Å². The van der Waals surface area contributed by atoms with Crippen molar-refractivity contribution in [2.75, 3.05) is 7.11 Å². The number of hydrogen-bond donors (Lipinski definition) is 1. The molecule has 0 aromatic heterocycles. The molecule has 3 aromatic carbocycles. The Bertz CT molecular complexity index is 1010. The van der Waals surface area contributed by atoms with Crippen molar-refractivity contribution in [1.82, 2.24) is 0 Å². The van der Waals surface area contributed by atoms with Crippen LogP contribution in [-0.4, -0.2) is 18.2 Å². The Balaban J connectivity index is 2.16. The Morgan fingerprint density at radius 3 is 2.36 bits per heavy atom. The number of hydrogen-bond acceptors (Lipinski definition) is 3. The Labute approximate surface area is 145 Å². The van der Waals surface area contributed by atoms with Gasteiger partial charge in [-0.1, -0.05) is 42.5 Å². The number of ether oxygens (including phenoxy) is 1. The molecule has 3 rings (SSSR count). The zero-order chi connectivity index (χ0) is 17.8. The molecule has 0 atom stereocenters. The van der Waals surface area contributed by atoms with Crippen molar-refractivity contribution in [1.29, 1.82) is 5.26 Å². The van der Waals surface area contributed by atoms with Crippen molar-refractivity contribution in [2.45, 2.75) is 0 Å². The van der Waals surface area contributed by atoms with Crippen LogP contribution in [0.5, 0.6) is 5.75 Å². The number of aromatic carboxylic acids is 1. The van der Waals surface area contributed by atoms with E-state index in [0.29, 0.717) is 16.9 Å². The number of methoxy groups -OCH3 is 1. The first kappa shape index (κ1) is 16.3. The summed E-state index contributed by atoms with van der Waals surface area (Å²) in [5.41, 5.74) is 2.09. The molecule has 0 radical (unpaired) electrons. The van der Waals surface area contributed by atoms with E-state index in [9.17, 15) is 10.1 Å². The third kappa shape index (κ3) is 3.22. The quantitative estimate of drug-likeness (QED) is 0.560. The molecule has 0 aliphatic heterocycles. The topological polar surface area (TPSA) is 70.3 Å². The van der Waals surface area contributed by atoms with Gasteiger partial charge in [-0.3, -0.25) is 0 Å². The van der Waals surface area contributed by atoms with E-state index >= 15 is 0 Å². The van der Waals surface area contributed by atoms with Crippen molar-refractivity contribution in [3.63, 3.8) is 0 Å². The first-order valence-corrected chi connectivity index (χ1v) is 7.65. The highest BCUT2D eigenvalue weighted by Gasteiger charge is 2.10. The summed E-state index contributed by atoms with van der Waals surface area (Å²) < 4.78 is 5.45. The molecule has 0 heterocycles. The SMILES string of the molecule is COc1ccc2ccccc2c1/C=C(\C#N)c1ccc(C(=O)O)cc1. The van der Waals surface area contributed by atoms with Gasteiger partial charge in [-0.15, -0.1) is 0 Å². The first-order valence-electron chi connectivity index (χ1n) is 7.65. The van der Waals surface area contributed by atoms with Gasteiger partial charge in [0, 0.05) is 5.56 Å². The van der Waals surface area contributed by atoms with Gasteiger partial charge in [0.15, 0.2) is 0 Å². The van der Waals surface area contributed by atoms with Crippen LogP contribution in [0.1, 0.15) is 21.5 Å². The standard InChI is InChI=1S/C21H15NO3/c1-25-20-11-10-15-4-2-3-5-18(15)19(20)12-17(13-22)14-6-8-16(9-7-14)21(23)24/h2-12H,1H3,(H,23,24)/b17-12+. The smallest absolute Gasteiger partial charge is 0.335 e. The predicted molar refractivity (Wildman–Crippen MR) is 97.4 cm³/mol. The molecule has 0 fully saturated rings. The summed E-state index contributed by atoms with van der Waals surface area (Å²) in [5.74, 6) is -0.321. The molecular weight excluding hydrogens is 314 g/mol. The van der Waals surface area contributed by atoms with Crippen LogP contribution >= 0.6 is 0 Å². The molecule has 122 valence electrons. The molecule has 0 bridgehead atoms. The van der Waals surface area contributed by atoms with Crippen molar-refractivity contribution in [3.8, 4) is 11.8 Å². The summed E-state index contributed by atoms with van der Waals surface area (Å²) in [6.07, 6.45) is 1.77. The number of carboxylic acid groups (broad SMARTS) is 1. The van der Waals surface area contributed by atoms with Crippen molar-refractivity contribution < 1.29 is 14.6 Å². The minimum atomic E-state index is -0.996. The highest BCUT2D eigenvalue weighted by molar-refractivity contribution is 6.00. The third-order valence-electron chi connectivity index (χ3n) is 4.00. The van der Waals surface area contributed by atoms with Crippen LogP contribution in [0.3, 0.4) is 0 Å². The highest BCUT2D eigenvalue weighted by atomic mass is 16.5. The van der Waals surface area contributed by atoms with E-state index in [0.717, 1.165) is 16.3 Å². The maximum absolute atomic E-state index is 11.0. The predicted octanol–water partition coefficient (Wildman–Crippen LogP) is 4.61. The summed E-state index contributed by atoms with van der Waals surface area (Å²) in [6.45, 7) is 0. The second-order valence-electron chi connectivity index (χ2n) is 5.45. The van der Waals surface area contributed by atoms with E-state index in [-0.39, 0.29) is 5.56 Å². The molecule has 1 N–H and O–H groups in total. The summed E-state index contributed by atoms with van der Waals surface area (Å²) in [7, 11) is 1.59. The maximum Gasteiger partial charge on any atom is 0.335 e. The maximum atomic E-state index is 11.0. The number of carbonyl (C=O) groups is 1. The van der Waals surface area contributed by atoms with Crippen LogP contribution in [0.4, 0.5) is 0 Å². The van der Waals surface area contributed by atoms with E-state index in [1.54, 1.807) is 25.3 Å². The molecule has 4 nitrogen and oxygen atoms in total. The van der Waals surface area contributed by atoms with E-state index in [4.69, 9.17) is 9.84 Å². The molecule has 0 saturated carbocycles. The van der Waals surface area contributed by atoms with Crippen LogP contribution in [0.15, 0.2) is 60.7 Å². The van der Waals surface area contributed by atoms with Gasteiger partial charge in [-0.05, 0) is 40.6 Å². The van der Waals surface area contributed by atoms with E-state index < -0.39 is 5.97 Å². The van der Waals surface area contributed by atoms with Crippen LogP contribution in [-0.2, 0) is 0 Å². The highest BCUT2D eigenvalue weighted by Crippen LogP contribution is 2.31. The van der Waals surface area contributed by atoms with Crippen molar-refractivity contribution in [2.24, 2.45) is 0 Å². The van der Waals surface area contributed by atoms with Gasteiger partial charge in [0.25, 0.3) is 0 Å². The van der Waals surface area contributed by atoms with Gasteiger partial charge in [0.05, 0.1) is 24.3 Å². The average Bonchev–Trinajstić information content (AvgIpc) is 2.66. The average molecular weight is 329 g/mol. The van der Waals surface area contributed by atoms with Crippen molar-refractivity contribution in [3.05, 3.63) is 77.4 Å². The monoisotopic (exact) mass is 329 g/mol. The summed E-state index contributed by atoms with van der Waals surface area (Å²) in [5, 5.41) is 20.6. The number of fused-ring (bicyclic) bond motifs is 1. The second-order valence-corrected chi connectivity index (χ2v) is 5.45. The molecule has 3 aromatic rings. The zero-order valence-electron chi connectivity index (χ0n) is 13.6. The van der Waals surface area contributed by atoms with Crippen molar-refractivity contribution >= 4 is 28.4 Å². The minimum absolute atomic E-state index is 0.184. The number of nitriles is 1. The molecule has 0 spiro atoms. The molecular formula is C21H15NO3. The Morgan fingerprint density at radius 1 is 1.04 bits per heavy atom. The van der Waals surface area contributed by atoms with Gasteiger partial charge in [-0.2, -0.15) is 5.26 Å². The van der Waals surface area contributed by atoms with Gasteiger partial charge >= 0.3 is 5.97 Å². The fourth-order valence-electron chi connectivity index (χ4n) is 2.72. The summed E-state index contributed by atoms with van der Waals surface area (Å²) in [4.78, 5) is 11.0. The molecule has 4 heteroatoms. The van der Waals surface area contributed by atoms with Crippen LogP contribution in [0, 0.1) is 11.3 Å². The van der Waals surface area contributed by atoms with E-state index in [1.807, 2.05) is 36.4 Å². The van der Waals surface area contributed by atoms with E-state index in [1.165, 1.54) is 12.1 Å². The second kappa shape index (κ2) is 6.90. The largest absolute Gasteiger partial charge is 0.496 e. The lowest BCUT2D eigenvalue weighted by Gasteiger charge is -2.10. The van der Waals surface area contributed by atoms with Gasteiger partial charge < -0.3 is 9.84 Å². The lowest BCUT2D eigenvalue weighted by atomic mass is 9.98. The zero-order valence-corrected chi connectivity index (χ0v) is 13.6. The van der Waals surface area contributed by atoms with Crippen LogP contribution in [0.2, 0.25) is 0 Å². The number of nitrogens with zero attached hydrogens (tertiary/aromatic N) is 1. The molecule has 0 amide bonds. The van der Waals surface area contributed by atoms with Gasteiger partial charge in [-0.25, -0.2) is 4.79 Å². The Hall–Kier alpha value is -3.58. The fourth-order valence-corrected chi connectivity index (χ4v) is 2.72. The molecule has 0 unspecified atom stereocenters. The molecule has 0 aliphatic carbocycles. The third-order valence-corrected chi connectivity index (χ3v) is 4.00. The Morgan fingerprint density at radius 2 is 1.72 bits per heavy atom. The van der Waals surface area contributed by atoms with E-state index in [2.05, 4.69) is 6.07 Å². The normalized spacial score (nSPS) is 11.1. The first-order chi connectivity index (χ1) is 12.1. The van der Waals surface area contributed by atoms with Crippen LogP contribution in [0.25, 0.3) is 22.4 Å². The lowest BCUT2D eigenvalue weighted by Crippen LogP contribution is -1.95. The minimum Gasteiger partial charge on any atom is -0.496 e. The Kier molecular flexibility index (Phi) is 4.49. The number of benzene rings is 3. The number of rotatable bonds is 4. The number of allylic oxidation sites excluding steroid dienone is 1.